The summed E-state index contributed by atoms with van der Waals surface area (Å²) in [4.78, 5) is 36.8. The van der Waals surface area contributed by atoms with Gasteiger partial charge in [-0.15, -0.1) is 0 Å². The molecule has 1 saturated carbocycles. The Morgan fingerprint density at radius 2 is 1.70 bits per heavy atom. The number of amides is 3. The van der Waals surface area contributed by atoms with Crippen LogP contribution in [0.4, 0.5) is 4.79 Å². The Morgan fingerprint density at radius 3 is 2.20 bits per heavy atom. The topological polar surface area (TPSA) is 108 Å². The summed E-state index contributed by atoms with van der Waals surface area (Å²) in [6.07, 6.45) is 4.11. The summed E-state index contributed by atoms with van der Waals surface area (Å²) >= 11 is 5.49. The SMILES string of the molecule is CC(C)(C)C1CCC(C(NC(=O)NCl)c2ccc(C(=O)NCCC(=O)O)cc2)CC1. The fourth-order valence-electron chi connectivity index (χ4n) is 4.19. The van der Waals surface area contributed by atoms with Crippen LogP contribution in [-0.4, -0.2) is 29.6 Å². The molecule has 7 nitrogen and oxygen atoms in total. The van der Waals surface area contributed by atoms with Gasteiger partial charge in [0.05, 0.1) is 12.5 Å². The minimum atomic E-state index is -0.960. The van der Waals surface area contributed by atoms with Crippen LogP contribution in [0.25, 0.3) is 0 Å². The third kappa shape index (κ3) is 6.90. The van der Waals surface area contributed by atoms with Gasteiger partial charge in [0.1, 0.15) is 0 Å². The van der Waals surface area contributed by atoms with Crippen molar-refractivity contribution in [3.8, 4) is 0 Å². The predicted molar refractivity (Wildman–Crippen MR) is 116 cm³/mol. The summed E-state index contributed by atoms with van der Waals surface area (Å²) in [6, 6.07) is 6.41. The third-order valence-electron chi connectivity index (χ3n) is 6.00. The van der Waals surface area contributed by atoms with Gasteiger partial charge in [0.25, 0.3) is 5.91 Å². The number of carboxylic acids is 1. The molecule has 1 unspecified atom stereocenters. The van der Waals surface area contributed by atoms with Crippen LogP contribution in [0.15, 0.2) is 24.3 Å². The highest BCUT2D eigenvalue weighted by Crippen LogP contribution is 2.43. The van der Waals surface area contributed by atoms with E-state index in [1.165, 1.54) is 0 Å². The van der Waals surface area contributed by atoms with E-state index in [1.807, 2.05) is 12.1 Å². The molecular weight excluding hydrogens is 406 g/mol. The standard InChI is InChI=1S/C22H32ClN3O4/c1-22(2,3)17-10-8-15(9-11-17)19(25-21(30)26-23)14-4-6-16(7-5-14)20(29)24-13-12-18(27)28/h4-7,15,17,19H,8-13H2,1-3H3,(H,24,29)(H,27,28)(H2,25,26,30). The number of aliphatic carboxylic acids is 1. The number of hydrogen-bond donors (Lipinski definition) is 4. The summed E-state index contributed by atoms with van der Waals surface area (Å²) in [6.45, 7) is 6.89. The second-order valence-electron chi connectivity index (χ2n) is 9.05. The normalized spacial score (nSPS) is 20.1. The van der Waals surface area contributed by atoms with E-state index in [1.54, 1.807) is 12.1 Å². The van der Waals surface area contributed by atoms with E-state index in [-0.39, 0.29) is 36.2 Å². The maximum absolute atomic E-state index is 12.2. The molecule has 166 valence electrons. The number of nitrogens with one attached hydrogen (secondary N) is 3. The first-order valence-corrected chi connectivity index (χ1v) is 10.8. The minimum absolute atomic E-state index is 0.0764. The maximum atomic E-state index is 12.2. The van der Waals surface area contributed by atoms with Gasteiger partial charge in [0, 0.05) is 23.9 Å². The van der Waals surface area contributed by atoms with E-state index in [0.29, 0.717) is 11.5 Å². The minimum Gasteiger partial charge on any atom is -0.481 e. The molecule has 2 rings (SSSR count). The van der Waals surface area contributed by atoms with Crippen molar-refractivity contribution >= 4 is 29.7 Å². The molecule has 0 aromatic heterocycles. The first kappa shape index (κ1) is 24.0. The summed E-state index contributed by atoms with van der Waals surface area (Å²) in [5.41, 5.74) is 1.63. The van der Waals surface area contributed by atoms with Crippen molar-refractivity contribution in [2.45, 2.75) is 58.9 Å². The van der Waals surface area contributed by atoms with Crippen molar-refractivity contribution in [1.82, 2.24) is 15.5 Å². The second-order valence-corrected chi connectivity index (χ2v) is 9.23. The monoisotopic (exact) mass is 437 g/mol. The lowest BCUT2D eigenvalue weighted by molar-refractivity contribution is -0.136. The average molecular weight is 438 g/mol. The first-order chi connectivity index (χ1) is 14.1. The number of carbonyl (C=O) groups is 3. The third-order valence-corrected chi connectivity index (χ3v) is 6.17. The van der Waals surface area contributed by atoms with Crippen LogP contribution in [0, 0.1) is 17.3 Å². The number of carbonyl (C=O) groups excluding carboxylic acids is 2. The van der Waals surface area contributed by atoms with E-state index < -0.39 is 12.0 Å². The molecule has 4 N–H and O–H groups in total. The van der Waals surface area contributed by atoms with E-state index in [2.05, 4.69) is 36.2 Å². The van der Waals surface area contributed by atoms with Crippen molar-refractivity contribution in [2.75, 3.05) is 6.54 Å². The van der Waals surface area contributed by atoms with Crippen LogP contribution in [0.2, 0.25) is 0 Å². The van der Waals surface area contributed by atoms with E-state index >= 15 is 0 Å². The molecule has 0 saturated heterocycles. The van der Waals surface area contributed by atoms with Gasteiger partial charge in [0.2, 0.25) is 0 Å². The number of urea groups is 1. The van der Waals surface area contributed by atoms with Crippen molar-refractivity contribution in [2.24, 2.45) is 17.3 Å². The highest BCUT2D eigenvalue weighted by Gasteiger charge is 2.34. The zero-order valence-electron chi connectivity index (χ0n) is 17.8. The molecular formula is C22H32ClN3O4. The number of benzene rings is 1. The van der Waals surface area contributed by atoms with E-state index in [4.69, 9.17) is 16.9 Å². The fraction of sp³-hybridized carbons (Fsp3) is 0.591. The zero-order chi connectivity index (χ0) is 22.3. The van der Waals surface area contributed by atoms with Gasteiger partial charge in [-0.3, -0.25) is 9.59 Å². The highest BCUT2D eigenvalue weighted by molar-refractivity contribution is 6.21. The lowest BCUT2D eigenvalue weighted by atomic mass is 9.68. The molecule has 1 aromatic carbocycles. The molecule has 30 heavy (non-hydrogen) atoms. The molecule has 1 aliphatic carbocycles. The van der Waals surface area contributed by atoms with Gasteiger partial charge in [-0.2, -0.15) is 0 Å². The van der Waals surface area contributed by atoms with Crippen LogP contribution in [0.1, 0.15) is 74.8 Å². The molecule has 0 bridgehead atoms. The van der Waals surface area contributed by atoms with Crippen molar-refractivity contribution in [3.05, 3.63) is 35.4 Å². The Bertz CT molecular complexity index is 738. The predicted octanol–water partition coefficient (Wildman–Crippen LogP) is 4.24. The summed E-state index contributed by atoms with van der Waals surface area (Å²) in [5.74, 6) is -0.337. The van der Waals surface area contributed by atoms with Crippen LogP contribution >= 0.6 is 11.8 Å². The van der Waals surface area contributed by atoms with Crippen molar-refractivity contribution in [3.63, 3.8) is 0 Å². The quantitative estimate of drug-likeness (QED) is 0.478. The second kappa shape index (κ2) is 10.7. The van der Waals surface area contributed by atoms with Crippen LogP contribution in [0.5, 0.6) is 0 Å². The van der Waals surface area contributed by atoms with Crippen LogP contribution in [0.3, 0.4) is 0 Å². The first-order valence-electron chi connectivity index (χ1n) is 10.4. The Labute approximate surface area is 183 Å². The van der Waals surface area contributed by atoms with Gasteiger partial charge in [-0.25, -0.2) is 9.63 Å². The summed E-state index contributed by atoms with van der Waals surface area (Å²) < 4.78 is 0. The molecule has 0 radical (unpaired) electrons. The Morgan fingerprint density at radius 1 is 1.10 bits per heavy atom. The van der Waals surface area contributed by atoms with Gasteiger partial charge in [-0.1, -0.05) is 32.9 Å². The van der Waals surface area contributed by atoms with Crippen molar-refractivity contribution in [1.29, 1.82) is 0 Å². The summed E-state index contributed by atoms with van der Waals surface area (Å²) in [7, 11) is 0. The highest BCUT2D eigenvalue weighted by atomic mass is 35.5. The van der Waals surface area contributed by atoms with Gasteiger partial charge in [0.15, 0.2) is 0 Å². The fourth-order valence-corrected chi connectivity index (χ4v) is 4.24. The van der Waals surface area contributed by atoms with Crippen molar-refractivity contribution < 1.29 is 19.5 Å². The average Bonchev–Trinajstić information content (AvgIpc) is 2.71. The number of halogens is 1. The molecule has 1 atom stereocenters. The molecule has 1 fully saturated rings. The Hall–Kier alpha value is -2.28. The number of carboxylic acid groups (broad SMARTS) is 1. The molecule has 0 aliphatic heterocycles. The van der Waals surface area contributed by atoms with Crippen LogP contribution < -0.4 is 15.5 Å². The smallest absolute Gasteiger partial charge is 0.329 e. The molecule has 0 spiro atoms. The van der Waals surface area contributed by atoms with Gasteiger partial charge < -0.3 is 15.7 Å². The Kier molecular flexibility index (Phi) is 8.53. The molecule has 1 aliphatic rings. The van der Waals surface area contributed by atoms with Gasteiger partial charge >= 0.3 is 12.0 Å². The number of rotatable bonds is 7. The van der Waals surface area contributed by atoms with E-state index in [0.717, 1.165) is 31.2 Å². The number of hydrogen-bond acceptors (Lipinski definition) is 3. The van der Waals surface area contributed by atoms with Gasteiger partial charge in [-0.05, 0) is 60.6 Å². The van der Waals surface area contributed by atoms with E-state index in [9.17, 15) is 14.4 Å². The maximum Gasteiger partial charge on any atom is 0.329 e. The van der Waals surface area contributed by atoms with Crippen LogP contribution in [-0.2, 0) is 4.79 Å². The Balaban J connectivity index is 2.09. The molecule has 0 heterocycles. The zero-order valence-corrected chi connectivity index (χ0v) is 18.6. The summed E-state index contributed by atoms with van der Waals surface area (Å²) in [5, 5.41) is 14.2. The molecule has 8 heteroatoms. The molecule has 1 aromatic rings. The largest absolute Gasteiger partial charge is 0.481 e. The lowest BCUT2D eigenvalue weighted by Gasteiger charge is -2.39. The molecule has 3 amide bonds. The lowest BCUT2D eigenvalue weighted by Crippen LogP contribution is -2.39.